The number of aromatic nitrogens is 2. The molecule has 8 heteroatoms. The van der Waals surface area contributed by atoms with Crippen molar-refractivity contribution in [2.24, 2.45) is 4.99 Å². The van der Waals surface area contributed by atoms with Crippen LogP contribution in [0.25, 0.3) is 0 Å². The largest absolute Gasteiger partial charge is 0.356 e. The molecule has 0 aliphatic heterocycles. The summed E-state index contributed by atoms with van der Waals surface area (Å²) in [4.78, 5) is 20.6. The third-order valence-corrected chi connectivity index (χ3v) is 5.27. The summed E-state index contributed by atoms with van der Waals surface area (Å²) in [6.45, 7) is 2.24. The highest BCUT2D eigenvalue weighted by atomic mass is 127. The lowest BCUT2D eigenvalue weighted by molar-refractivity contribution is 0.0963. The number of hydrogen-bond donors (Lipinski definition) is 3. The van der Waals surface area contributed by atoms with Gasteiger partial charge in [-0.25, -0.2) is 4.98 Å². The number of aryl methyl sites for hydroxylation is 2. The highest BCUT2D eigenvalue weighted by Gasteiger charge is 2.06. The molecule has 33 heavy (non-hydrogen) atoms. The summed E-state index contributed by atoms with van der Waals surface area (Å²) in [5, 5.41) is 9.32. The normalized spacial score (nSPS) is 10.9. The van der Waals surface area contributed by atoms with Crippen molar-refractivity contribution in [2.75, 3.05) is 20.6 Å². The van der Waals surface area contributed by atoms with E-state index in [-0.39, 0.29) is 29.9 Å². The summed E-state index contributed by atoms with van der Waals surface area (Å²) in [6.07, 6.45) is 6.78. The van der Waals surface area contributed by atoms with Crippen molar-refractivity contribution in [3.8, 4) is 0 Å². The quantitative estimate of drug-likeness (QED) is 0.202. The van der Waals surface area contributed by atoms with Gasteiger partial charge >= 0.3 is 0 Å². The van der Waals surface area contributed by atoms with Crippen LogP contribution in [0.3, 0.4) is 0 Å². The highest BCUT2D eigenvalue weighted by molar-refractivity contribution is 14.0. The first-order valence-corrected chi connectivity index (χ1v) is 11.0. The number of rotatable bonds is 10. The third kappa shape index (κ3) is 8.53. The molecular weight excluding hydrogens is 527 g/mol. The molecule has 0 saturated carbocycles. The molecule has 1 aromatic heterocycles. The van der Waals surface area contributed by atoms with E-state index in [1.165, 1.54) is 5.56 Å². The second kappa shape index (κ2) is 14.3. The Morgan fingerprint density at radius 1 is 1.03 bits per heavy atom. The second-order valence-corrected chi connectivity index (χ2v) is 7.51. The Kier molecular flexibility index (Phi) is 11.4. The molecule has 0 fully saturated rings. The number of imidazole rings is 1. The van der Waals surface area contributed by atoms with Crippen LogP contribution in [-0.4, -0.2) is 42.1 Å². The van der Waals surface area contributed by atoms with Crippen molar-refractivity contribution in [3.63, 3.8) is 0 Å². The van der Waals surface area contributed by atoms with Crippen molar-refractivity contribution >= 4 is 35.8 Å². The maximum atomic E-state index is 11.8. The van der Waals surface area contributed by atoms with Gasteiger partial charge in [-0.15, -0.1) is 24.0 Å². The zero-order chi connectivity index (χ0) is 22.6. The third-order valence-electron chi connectivity index (χ3n) is 5.27. The number of benzene rings is 2. The first kappa shape index (κ1) is 26.4. The smallest absolute Gasteiger partial charge is 0.251 e. The van der Waals surface area contributed by atoms with E-state index in [1.54, 1.807) is 14.1 Å². The Labute approximate surface area is 213 Å². The van der Waals surface area contributed by atoms with Crippen LogP contribution in [0.1, 0.15) is 33.7 Å². The number of guanidine groups is 1. The topological polar surface area (TPSA) is 83.3 Å². The minimum Gasteiger partial charge on any atom is -0.356 e. The van der Waals surface area contributed by atoms with Gasteiger partial charge in [-0.3, -0.25) is 9.79 Å². The van der Waals surface area contributed by atoms with E-state index in [9.17, 15) is 4.79 Å². The molecule has 0 aliphatic rings. The van der Waals surface area contributed by atoms with Crippen molar-refractivity contribution < 1.29 is 4.79 Å². The van der Waals surface area contributed by atoms with Gasteiger partial charge in [0.15, 0.2) is 5.96 Å². The molecule has 0 aliphatic carbocycles. The summed E-state index contributed by atoms with van der Waals surface area (Å²) in [5.41, 5.74) is 3.13. The molecule has 0 spiro atoms. The van der Waals surface area contributed by atoms with E-state index in [0.29, 0.717) is 18.7 Å². The maximum absolute atomic E-state index is 11.8. The minimum absolute atomic E-state index is 0. The maximum Gasteiger partial charge on any atom is 0.251 e. The number of nitrogens with one attached hydrogen (secondary N) is 3. The van der Waals surface area contributed by atoms with Crippen molar-refractivity contribution in [1.29, 1.82) is 0 Å². The summed E-state index contributed by atoms with van der Waals surface area (Å²) in [6, 6.07) is 18.2. The molecular formula is C25H33IN6O. The van der Waals surface area contributed by atoms with Gasteiger partial charge in [0, 0.05) is 45.1 Å². The summed E-state index contributed by atoms with van der Waals surface area (Å²) >= 11 is 0. The molecule has 3 aromatic rings. The number of hydrogen-bond acceptors (Lipinski definition) is 3. The van der Waals surface area contributed by atoms with Crippen LogP contribution in [0.4, 0.5) is 0 Å². The van der Waals surface area contributed by atoms with Crippen LogP contribution < -0.4 is 16.0 Å². The van der Waals surface area contributed by atoms with Gasteiger partial charge in [0.05, 0.1) is 6.54 Å². The Morgan fingerprint density at radius 3 is 2.58 bits per heavy atom. The zero-order valence-corrected chi connectivity index (χ0v) is 21.6. The van der Waals surface area contributed by atoms with Crippen LogP contribution in [0.15, 0.2) is 72.0 Å². The number of carbonyl (C=O) groups is 1. The van der Waals surface area contributed by atoms with Crippen LogP contribution in [0, 0.1) is 0 Å². The first-order valence-electron chi connectivity index (χ1n) is 11.0. The average molecular weight is 560 g/mol. The van der Waals surface area contributed by atoms with E-state index < -0.39 is 0 Å². The van der Waals surface area contributed by atoms with Gasteiger partial charge in [-0.1, -0.05) is 42.5 Å². The van der Waals surface area contributed by atoms with Crippen molar-refractivity contribution in [2.45, 2.75) is 32.4 Å². The molecule has 0 unspecified atom stereocenters. The fourth-order valence-corrected chi connectivity index (χ4v) is 3.53. The van der Waals surface area contributed by atoms with Crippen LogP contribution in [0.5, 0.6) is 0 Å². The highest BCUT2D eigenvalue weighted by Crippen LogP contribution is 2.07. The van der Waals surface area contributed by atoms with Crippen molar-refractivity contribution in [3.05, 3.63) is 89.5 Å². The zero-order valence-electron chi connectivity index (χ0n) is 19.3. The second-order valence-electron chi connectivity index (χ2n) is 7.51. The van der Waals surface area contributed by atoms with Gasteiger partial charge in [-0.2, -0.15) is 0 Å². The standard InChI is InChI=1S/C25H32N6O.HI/c1-26-24(32)22-12-6-10-21(18-22)13-14-29-25(27-2)30-19-23-28-15-17-31(23)16-7-11-20-8-4-3-5-9-20;/h3-6,8-10,12,15,17-18H,7,11,13-14,16,19H2,1-2H3,(H,26,32)(H2,27,29,30);1H. The lowest BCUT2D eigenvalue weighted by Gasteiger charge is -2.13. The Morgan fingerprint density at radius 2 is 1.82 bits per heavy atom. The van der Waals surface area contributed by atoms with E-state index in [1.807, 2.05) is 42.7 Å². The predicted octanol–water partition coefficient (Wildman–Crippen LogP) is 3.40. The Balaban J connectivity index is 0.00000385. The lowest BCUT2D eigenvalue weighted by Crippen LogP contribution is -2.38. The average Bonchev–Trinajstić information content (AvgIpc) is 3.29. The fourth-order valence-electron chi connectivity index (χ4n) is 3.53. The summed E-state index contributed by atoms with van der Waals surface area (Å²) in [5.74, 6) is 1.64. The Hall–Kier alpha value is -2.88. The number of amides is 1. The number of aliphatic imine (C=N–C) groups is 1. The van der Waals surface area contributed by atoms with Gasteiger partial charge in [-0.05, 0) is 42.5 Å². The SMILES string of the molecule is CN=C(NCCc1cccc(C(=O)NC)c1)NCc1nccn1CCCc1ccccc1.I. The monoisotopic (exact) mass is 560 g/mol. The molecule has 3 rings (SSSR count). The lowest BCUT2D eigenvalue weighted by atomic mass is 10.1. The van der Waals surface area contributed by atoms with E-state index in [0.717, 1.165) is 43.2 Å². The van der Waals surface area contributed by atoms with Gasteiger partial charge in [0.25, 0.3) is 5.91 Å². The molecule has 7 nitrogen and oxygen atoms in total. The molecule has 176 valence electrons. The molecule has 2 aromatic carbocycles. The van der Waals surface area contributed by atoms with Crippen molar-refractivity contribution in [1.82, 2.24) is 25.5 Å². The molecule has 0 radical (unpaired) electrons. The van der Waals surface area contributed by atoms with Crippen LogP contribution in [-0.2, 0) is 25.9 Å². The fraction of sp³-hybridized carbons (Fsp3) is 0.320. The number of halogens is 1. The van der Waals surface area contributed by atoms with E-state index in [2.05, 4.69) is 54.8 Å². The van der Waals surface area contributed by atoms with Crippen LogP contribution >= 0.6 is 24.0 Å². The molecule has 0 atom stereocenters. The summed E-state index contributed by atoms with van der Waals surface area (Å²) in [7, 11) is 3.40. The molecule has 1 amide bonds. The number of carbonyl (C=O) groups excluding carboxylic acids is 1. The molecule has 0 bridgehead atoms. The molecule has 3 N–H and O–H groups in total. The van der Waals surface area contributed by atoms with E-state index >= 15 is 0 Å². The predicted molar refractivity (Wildman–Crippen MR) is 144 cm³/mol. The van der Waals surface area contributed by atoms with Gasteiger partial charge < -0.3 is 20.5 Å². The minimum atomic E-state index is -0.0726. The van der Waals surface area contributed by atoms with Gasteiger partial charge in [0.2, 0.25) is 0 Å². The van der Waals surface area contributed by atoms with Crippen LogP contribution in [0.2, 0.25) is 0 Å². The van der Waals surface area contributed by atoms with Gasteiger partial charge in [0.1, 0.15) is 5.82 Å². The van der Waals surface area contributed by atoms with E-state index in [4.69, 9.17) is 0 Å². The summed E-state index contributed by atoms with van der Waals surface area (Å²) < 4.78 is 2.19. The first-order chi connectivity index (χ1) is 15.7. The molecule has 1 heterocycles. The molecule has 0 saturated heterocycles. The number of nitrogens with zero attached hydrogens (tertiary/aromatic N) is 3. The Bertz CT molecular complexity index is 1020.